The molecule has 0 radical (unpaired) electrons. The molecule has 1 unspecified atom stereocenters. The summed E-state index contributed by atoms with van der Waals surface area (Å²) in [6.07, 6.45) is 8.43. The third-order valence-electron chi connectivity index (χ3n) is 3.91. The molecule has 0 spiro atoms. The van der Waals surface area contributed by atoms with Crippen LogP contribution in [0.25, 0.3) is 0 Å². The molecule has 1 amide bonds. The normalized spacial score (nSPS) is 27.9. The first-order chi connectivity index (χ1) is 8.18. The quantitative estimate of drug-likeness (QED) is 0.779. The van der Waals surface area contributed by atoms with Crippen LogP contribution in [-0.4, -0.2) is 30.7 Å². The maximum absolute atomic E-state index is 11.8. The fraction of sp³-hybridized carbons (Fsp3) is 0.923. The van der Waals surface area contributed by atoms with Crippen LogP contribution in [0.4, 0.5) is 0 Å². The van der Waals surface area contributed by atoms with Crippen molar-refractivity contribution in [1.82, 2.24) is 5.32 Å². The summed E-state index contributed by atoms with van der Waals surface area (Å²) in [5.74, 6) is 0.0879. The summed E-state index contributed by atoms with van der Waals surface area (Å²) in [6.45, 7) is 1.48. The number of carbonyl (C=O) groups excluding carboxylic acids is 1. The summed E-state index contributed by atoms with van der Waals surface area (Å²) >= 11 is 0. The van der Waals surface area contributed by atoms with E-state index in [1.54, 1.807) is 0 Å². The first-order valence-electron chi connectivity index (χ1n) is 6.85. The molecule has 4 nitrogen and oxygen atoms in total. The highest BCUT2D eigenvalue weighted by atomic mass is 16.5. The van der Waals surface area contributed by atoms with E-state index < -0.39 is 0 Å². The summed E-state index contributed by atoms with van der Waals surface area (Å²) in [4.78, 5) is 11.8. The molecule has 17 heavy (non-hydrogen) atoms. The molecule has 1 saturated heterocycles. The van der Waals surface area contributed by atoms with Gasteiger partial charge in [0.2, 0.25) is 5.91 Å². The Balaban J connectivity index is 1.68. The highest BCUT2D eigenvalue weighted by Crippen LogP contribution is 2.28. The second-order valence-electron chi connectivity index (χ2n) is 5.54. The van der Waals surface area contributed by atoms with Gasteiger partial charge < -0.3 is 15.8 Å². The van der Waals surface area contributed by atoms with Crippen molar-refractivity contribution in [2.45, 2.75) is 63.0 Å². The lowest BCUT2D eigenvalue weighted by molar-refractivity contribution is -0.123. The molecule has 3 N–H and O–H groups in total. The molecule has 1 atom stereocenters. The average Bonchev–Trinajstić information content (AvgIpc) is 2.79. The zero-order chi connectivity index (χ0) is 12.1. The van der Waals surface area contributed by atoms with Crippen LogP contribution in [0.15, 0.2) is 0 Å². The number of rotatable bonds is 4. The van der Waals surface area contributed by atoms with E-state index in [4.69, 9.17) is 10.5 Å². The smallest absolute Gasteiger partial charge is 0.221 e. The topological polar surface area (TPSA) is 64.4 Å². The van der Waals surface area contributed by atoms with Gasteiger partial charge in [-0.05, 0) is 25.7 Å². The Bertz CT molecular complexity index is 256. The van der Waals surface area contributed by atoms with E-state index in [-0.39, 0.29) is 17.6 Å². The lowest BCUT2D eigenvalue weighted by Gasteiger charge is -2.32. The van der Waals surface area contributed by atoms with Crippen molar-refractivity contribution in [3.63, 3.8) is 0 Å². The first kappa shape index (κ1) is 12.8. The fourth-order valence-electron chi connectivity index (χ4n) is 2.85. The molecule has 4 heteroatoms. The zero-order valence-corrected chi connectivity index (χ0v) is 10.5. The molecule has 0 aromatic rings. The second kappa shape index (κ2) is 5.83. The van der Waals surface area contributed by atoms with E-state index in [1.807, 2.05) is 0 Å². The summed E-state index contributed by atoms with van der Waals surface area (Å²) in [7, 11) is 0. The van der Waals surface area contributed by atoms with E-state index in [1.165, 1.54) is 6.42 Å². The van der Waals surface area contributed by atoms with Crippen LogP contribution in [0.2, 0.25) is 0 Å². The van der Waals surface area contributed by atoms with Crippen LogP contribution in [0.3, 0.4) is 0 Å². The van der Waals surface area contributed by atoms with Crippen molar-refractivity contribution >= 4 is 5.91 Å². The van der Waals surface area contributed by atoms with Gasteiger partial charge in [-0.25, -0.2) is 0 Å². The van der Waals surface area contributed by atoms with Gasteiger partial charge in [-0.2, -0.15) is 0 Å². The standard InChI is InChI=1S/C13H24N2O2/c14-13(6-2-1-3-7-13)9-12(16)15-10-11-5-4-8-17-11/h11H,1-10,14H2,(H,15,16). The number of ether oxygens (including phenoxy) is 1. The van der Waals surface area contributed by atoms with Crippen molar-refractivity contribution in [2.24, 2.45) is 5.73 Å². The van der Waals surface area contributed by atoms with E-state index in [0.717, 1.165) is 45.1 Å². The highest BCUT2D eigenvalue weighted by Gasteiger charge is 2.30. The average molecular weight is 240 g/mol. The molecule has 98 valence electrons. The Morgan fingerprint density at radius 2 is 2.06 bits per heavy atom. The maximum atomic E-state index is 11.8. The molecule has 0 aromatic carbocycles. The van der Waals surface area contributed by atoms with Crippen molar-refractivity contribution in [3.8, 4) is 0 Å². The molecule has 2 rings (SSSR count). The van der Waals surface area contributed by atoms with Gasteiger partial charge >= 0.3 is 0 Å². The van der Waals surface area contributed by atoms with Gasteiger partial charge in [-0.1, -0.05) is 19.3 Å². The molecule has 1 aliphatic carbocycles. The summed E-state index contributed by atoms with van der Waals surface area (Å²) < 4.78 is 5.47. The van der Waals surface area contributed by atoms with Gasteiger partial charge in [0.15, 0.2) is 0 Å². The SMILES string of the molecule is NC1(CC(=O)NCC2CCCO2)CCCCC1. The molecule has 1 saturated carbocycles. The molecular weight excluding hydrogens is 216 g/mol. The number of nitrogens with two attached hydrogens (primary N) is 1. The number of nitrogens with one attached hydrogen (secondary N) is 1. The van der Waals surface area contributed by atoms with Gasteiger partial charge in [0, 0.05) is 25.1 Å². The van der Waals surface area contributed by atoms with Crippen LogP contribution >= 0.6 is 0 Å². The van der Waals surface area contributed by atoms with E-state index in [0.29, 0.717) is 13.0 Å². The predicted molar refractivity (Wildman–Crippen MR) is 66.6 cm³/mol. The molecule has 1 heterocycles. The van der Waals surface area contributed by atoms with E-state index >= 15 is 0 Å². The summed E-state index contributed by atoms with van der Waals surface area (Å²) in [5.41, 5.74) is 6.00. The number of carbonyl (C=O) groups is 1. The van der Waals surface area contributed by atoms with Gasteiger partial charge in [0.25, 0.3) is 0 Å². The third-order valence-corrected chi connectivity index (χ3v) is 3.91. The van der Waals surface area contributed by atoms with E-state index in [9.17, 15) is 4.79 Å². The number of hydrogen-bond donors (Lipinski definition) is 2. The minimum atomic E-state index is -0.251. The fourth-order valence-corrected chi connectivity index (χ4v) is 2.85. The number of hydrogen-bond acceptors (Lipinski definition) is 3. The Morgan fingerprint density at radius 1 is 1.29 bits per heavy atom. The second-order valence-corrected chi connectivity index (χ2v) is 5.54. The minimum Gasteiger partial charge on any atom is -0.376 e. The Labute approximate surface area is 103 Å². The highest BCUT2D eigenvalue weighted by molar-refractivity contribution is 5.77. The number of amides is 1. The van der Waals surface area contributed by atoms with Gasteiger partial charge in [0.1, 0.15) is 0 Å². The zero-order valence-electron chi connectivity index (χ0n) is 10.5. The Hall–Kier alpha value is -0.610. The molecule has 0 bridgehead atoms. The van der Waals surface area contributed by atoms with Crippen molar-refractivity contribution in [1.29, 1.82) is 0 Å². The van der Waals surface area contributed by atoms with E-state index in [2.05, 4.69) is 5.32 Å². The lowest BCUT2D eigenvalue weighted by Crippen LogP contribution is -2.46. The molecule has 2 fully saturated rings. The summed E-state index contributed by atoms with van der Waals surface area (Å²) in [5, 5.41) is 2.95. The van der Waals surface area contributed by atoms with Gasteiger partial charge in [-0.3, -0.25) is 4.79 Å². The van der Waals surface area contributed by atoms with Crippen LogP contribution < -0.4 is 11.1 Å². The molecule has 0 aromatic heterocycles. The van der Waals surface area contributed by atoms with Crippen molar-refractivity contribution in [3.05, 3.63) is 0 Å². The Morgan fingerprint density at radius 3 is 2.71 bits per heavy atom. The van der Waals surface area contributed by atoms with Gasteiger partial charge in [-0.15, -0.1) is 0 Å². The maximum Gasteiger partial charge on any atom is 0.221 e. The molecular formula is C13H24N2O2. The minimum absolute atomic E-state index is 0.0879. The third kappa shape index (κ3) is 3.96. The predicted octanol–water partition coefficient (Wildman–Crippen LogP) is 1.33. The first-order valence-corrected chi connectivity index (χ1v) is 6.85. The molecule has 2 aliphatic rings. The largest absolute Gasteiger partial charge is 0.376 e. The van der Waals surface area contributed by atoms with Crippen molar-refractivity contribution in [2.75, 3.05) is 13.2 Å². The molecule has 1 aliphatic heterocycles. The van der Waals surface area contributed by atoms with Crippen molar-refractivity contribution < 1.29 is 9.53 Å². The van der Waals surface area contributed by atoms with Crippen LogP contribution in [0.5, 0.6) is 0 Å². The summed E-state index contributed by atoms with van der Waals surface area (Å²) in [6, 6.07) is 0. The van der Waals surface area contributed by atoms with Crippen LogP contribution in [-0.2, 0) is 9.53 Å². The van der Waals surface area contributed by atoms with Crippen LogP contribution in [0.1, 0.15) is 51.4 Å². The monoisotopic (exact) mass is 240 g/mol. The Kier molecular flexibility index (Phi) is 4.40. The van der Waals surface area contributed by atoms with Crippen LogP contribution in [0, 0.1) is 0 Å². The lowest BCUT2D eigenvalue weighted by atomic mass is 9.80. The van der Waals surface area contributed by atoms with Gasteiger partial charge in [0.05, 0.1) is 6.10 Å².